The van der Waals surface area contributed by atoms with Crippen LogP contribution in [0.2, 0.25) is 0 Å². The fourth-order valence-corrected chi connectivity index (χ4v) is 3.33. The molecule has 0 atom stereocenters. The molecular weight excluding hydrogens is 382 g/mol. The molecule has 1 aromatic carbocycles. The zero-order chi connectivity index (χ0) is 18.0. The summed E-state index contributed by atoms with van der Waals surface area (Å²) in [5.41, 5.74) is 2.93. The molecule has 2 heterocycles. The molecule has 0 aliphatic heterocycles. The van der Waals surface area contributed by atoms with Gasteiger partial charge in [-0.05, 0) is 47.3 Å². The summed E-state index contributed by atoms with van der Waals surface area (Å²) >= 11 is 3.47. The number of imidazole rings is 1. The highest BCUT2D eigenvalue weighted by Gasteiger charge is 2.21. The van der Waals surface area contributed by atoms with Gasteiger partial charge in [-0.2, -0.15) is 4.98 Å². The lowest BCUT2D eigenvalue weighted by Gasteiger charge is -2.11. The molecule has 5 nitrogen and oxygen atoms in total. The molecule has 0 radical (unpaired) electrons. The van der Waals surface area contributed by atoms with Gasteiger partial charge in [0.1, 0.15) is 4.60 Å². The Hall–Kier alpha value is -2.65. The third kappa shape index (κ3) is 3.15. The number of hydrogen-bond donors (Lipinski definition) is 0. The number of fused-ring (bicyclic) bond motifs is 1. The third-order valence-electron chi connectivity index (χ3n) is 3.89. The molecule has 0 N–H and O–H groups in total. The van der Waals surface area contributed by atoms with Crippen LogP contribution in [0, 0.1) is 18.8 Å². The van der Waals surface area contributed by atoms with Gasteiger partial charge in [0.15, 0.2) is 5.69 Å². The lowest BCUT2D eigenvalue weighted by Crippen LogP contribution is -2.04. The summed E-state index contributed by atoms with van der Waals surface area (Å²) in [6, 6.07) is 9.35. The topological polar surface area (TPSA) is 56.5 Å². The number of halogens is 1. The number of ketones is 1. The van der Waals surface area contributed by atoms with Gasteiger partial charge < -0.3 is 4.74 Å². The van der Waals surface area contributed by atoms with Crippen molar-refractivity contribution in [2.75, 3.05) is 7.11 Å². The van der Waals surface area contributed by atoms with Crippen molar-refractivity contribution in [1.29, 1.82) is 0 Å². The summed E-state index contributed by atoms with van der Waals surface area (Å²) in [7, 11) is 1.58. The van der Waals surface area contributed by atoms with Crippen molar-refractivity contribution in [3.8, 4) is 17.7 Å². The van der Waals surface area contributed by atoms with E-state index in [0.717, 1.165) is 23.2 Å². The Balaban J connectivity index is 2.09. The maximum Gasteiger partial charge on any atom is 0.257 e. The van der Waals surface area contributed by atoms with E-state index in [9.17, 15) is 4.79 Å². The van der Waals surface area contributed by atoms with Gasteiger partial charge in [0.25, 0.3) is 5.78 Å². The Morgan fingerprint density at radius 3 is 2.64 bits per heavy atom. The summed E-state index contributed by atoms with van der Waals surface area (Å²) in [6.07, 6.45) is 0.764. The first-order chi connectivity index (χ1) is 12.1. The van der Waals surface area contributed by atoms with Gasteiger partial charge in [0.2, 0.25) is 11.7 Å². The van der Waals surface area contributed by atoms with E-state index in [2.05, 4.69) is 37.7 Å². The van der Waals surface area contributed by atoms with Crippen LogP contribution in [0.3, 0.4) is 0 Å². The van der Waals surface area contributed by atoms with E-state index in [0.29, 0.717) is 16.3 Å². The number of aryl methyl sites for hydroxylation is 1. The number of carbonyl (C=O) groups excluding carboxylic acids is 1. The molecule has 3 rings (SSSR count). The van der Waals surface area contributed by atoms with Gasteiger partial charge >= 0.3 is 0 Å². The number of methoxy groups -OCH3 is 1. The van der Waals surface area contributed by atoms with Crippen molar-refractivity contribution in [2.24, 2.45) is 0 Å². The van der Waals surface area contributed by atoms with Crippen molar-refractivity contribution in [1.82, 2.24) is 14.4 Å². The summed E-state index contributed by atoms with van der Waals surface area (Å²) in [5, 5.41) is 0. The predicted molar refractivity (Wildman–Crippen MR) is 99.0 cm³/mol. The summed E-state index contributed by atoms with van der Waals surface area (Å²) in [5.74, 6) is 6.07. The average Bonchev–Trinajstić information content (AvgIpc) is 2.97. The van der Waals surface area contributed by atoms with Crippen LogP contribution >= 0.6 is 15.9 Å². The van der Waals surface area contributed by atoms with Crippen molar-refractivity contribution in [3.05, 3.63) is 57.4 Å². The Morgan fingerprint density at radius 2 is 2.00 bits per heavy atom. The second-order valence-electron chi connectivity index (χ2n) is 5.37. The second-order valence-corrected chi connectivity index (χ2v) is 6.12. The number of nitrogens with zero attached hydrogens (tertiary/aromatic N) is 3. The molecule has 0 amide bonds. The molecule has 0 unspecified atom stereocenters. The molecule has 0 spiro atoms. The normalized spacial score (nSPS) is 10.4. The van der Waals surface area contributed by atoms with Gasteiger partial charge in [-0.25, -0.2) is 4.98 Å². The van der Waals surface area contributed by atoms with E-state index in [1.54, 1.807) is 11.5 Å². The Bertz CT molecular complexity index is 1010. The molecule has 126 valence electrons. The highest BCUT2D eigenvalue weighted by atomic mass is 79.9. The van der Waals surface area contributed by atoms with Gasteiger partial charge in [0.05, 0.1) is 7.11 Å². The van der Waals surface area contributed by atoms with Crippen molar-refractivity contribution < 1.29 is 9.53 Å². The smallest absolute Gasteiger partial charge is 0.257 e. The quantitative estimate of drug-likeness (QED) is 0.500. The maximum absolute atomic E-state index is 12.5. The molecule has 25 heavy (non-hydrogen) atoms. The Labute approximate surface area is 154 Å². The molecule has 0 bridgehead atoms. The number of Topliss-reactive ketones (excluding diaryl/α,β-unsaturated/α-hetero) is 1. The molecule has 0 saturated heterocycles. The van der Waals surface area contributed by atoms with Crippen LogP contribution in [0.5, 0.6) is 5.88 Å². The summed E-state index contributed by atoms with van der Waals surface area (Å²) in [6.45, 7) is 3.98. The minimum absolute atomic E-state index is 0.245. The Kier molecular flexibility index (Phi) is 4.86. The molecule has 6 heteroatoms. The first kappa shape index (κ1) is 17.2. The molecule has 2 aromatic heterocycles. The van der Waals surface area contributed by atoms with Gasteiger partial charge in [-0.3, -0.25) is 9.20 Å². The van der Waals surface area contributed by atoms with Crippen LogP contribution in [0.15, 0.2) is 34.9 Å². The largest absolute Gasteiger partial charge is 0.481 e. The predicted octanol–water partition coefficient (Wildman–Crippen LogP) is 3.61. The summed E-state index contributed by atoms with van der Waals surface area (Å²) in [4.78, 5) is 21.2. The number of carbonyl (C=O) groups is 1. The monoisotopic (exact) mass is 397 g/mol. The third-order valence-corrected chi connectivity index (χ3v) is 4.62. The zero-order valence-electron chi connectivity index (χ0n) is 14.1. The van der Waals surface area contributed by atoms with E-state index >= 15 is 0 Å². The molecule has 3 aromatic rings. The first-order valence-electron chi connectivity index (χ1n) is 7.79. The fourth-order valence-electron chi connectivity index (χ4n) is 2.64. The number of ether oxygens (including phenoxy) is 1. The van der Waals surface area contributed by atoms with Crippen molar-refractivity contribution >= 4 is 27.5 Å². The minimum Gasteiger partial charge on any atom is -0.481 e. The molecule has 0 aliphatic rings. The van der Waals surface area contributed by atoms with Crippen LogP contribution in [-0.4, -0.2) is 27.3 Å². The molecule has 0 saturated carbocycles. The summed E-state index contributed by atoms with van der Waals surface area (Å²) < 4.78 is 7.70. The zero-order valence-corrected chi connectivity index (χ0v) is 15.7. The van der Waals surface area contributed by atoms with Crippen LogP contribution in [0.1, 0.15) is 34.2 Å². The van der Waals surface area contributed by atoms with Crippen LogP contribution in [-0.2, 0) is 6.42 Å². The standard InChI is InChI=1S/C19H16BrN3O2/c1-4-14-12(2)23-17(20)16(21-19(23)22-18(14)25-3)15(24)11-10-13-8-6-5-7-9-13/h5-9H,4H2,1-3H3. The van der Waals surface area contributed by atoms with E-state index < -0.39 is 0 Å². The lowest BCUT2D eigenvalue weighted by atomic mass is 10.2. The van der Waals surface area contributed by atoms with E-state index in [4.69, 9.17) is 4.74 Å². The number of benzene rings is 1. The van der Waals surface area contributed by atoms with Crippen LogP contribution in [0.4, 0.5) is 0 Å². The number of hydrogen-bond acceptors (Lipinski definition) is 4. The highest BCUT2D eigenvalue weighted by molar-refractivity contribution is 9.10. The number of aromatic nitrogens is 3. The molecule has 0 fully saturated rings. The Morgan fingerprint density at radius 1 is 1.28 bits per heavy atom. The maximum atomic E-state index is 12.5. The number of rotatable bonds is 3. The van der Waals surface area contributed by atoms with Crippen LogP contribution in [0.25, 0.3) is 5.78 Å². The minimum atomic E-state index is -0.363. The van der Waals surface area contributed by atoms with Gasteiger partial charge in [-0.1, -0.05) is 31.0 Å². The van der Waals surface area contributed by atoms with E-state index in [-0.39, 0.29) is 11.5 Å². The SMILES string of the molecule is CCc1c(OC)nc2nc(C(=O)C#Cc3ccccc3)c(Br)n2c1C. The lowest BCUT2D eigenvalue weighted by molar-refractivity contribution is 0.105. The molecular formula is C19H16BrN3O2. The molecule has 0 aliphatic carbocycles. The fraction of sp³-hybridized carbons (Fsp3) is 0.211. The van der Waals surface area contributed by atoms with E-state index in [1.165, 1.54) is 0 Å². The van der Waals surface area contributed by atoms with Gasteiger partial charge in [-0.15, -0.1) is 0 Å². The van der Waals surface area contributed by atoms with Gasteiger partial charge in [0, 0.05) is 16.8 Å². The van der Waals surface area contributed by atoms with Crippen molar-refractivity contribution in [3.63, 3.8) is 0 Å². The van der Waals surface area contributed by atoms with E-state index in [1.807, 2.05) is 44.2 Å². The van der Waals surface area contributed by atoms with Crippen LogP contribution < -0.4 is 4.74 Å². The first-order valence-corrected chi connectivity index (χ1v) is 8.59. The average molecular weight is 398 g/mol. The highest BCUT2D eigenvalue weighted by Crippen LogP contribution is 2.27. The second kappa shape index (κ2) is 7.08. The van der Waals surface area contributed by atoms with Crippen molar-refractivity contribution in [2.45, 2.75) is 20.3 Å².